The van der Waals surface area contributed by atoms with Gasteiger partial charge in [-0.05, 0) is 54.3 Å². The Hall–Kier alpha value is -2.17. The van der Waals surface area contributed by atoms with Crippen molar-refractivity contribution in [2.45, 2.75) is 24.8 Å². The highest BCUT2D eigenvalue weighted by Crippen LogP contribution is 2.51. The third-order valence-electron chi connectivity index (χ3n) is 6.55. The Morgan fingerprint density at radius 3 is 2.56 bits per heavy atom. The van der Waals surface area contributed by atoms with E-state index < -0.39 is 0 Å². The fraction of sp³-hybridized carbons (Fsp3) is 0.435. The number of benzene rings is 2. The molecule has 1 saturated carbocycles. The fourth-order valence-corrected chi connectivity index (χ4v) is 4.56. The van der Waals surface area contributed by atoms with Gasteiger partial charge in [-0.3, -0.25) is 4.79 Å². The number of carbonyl (C=O) groups is 1. The minimum Gasteiger partial charge on any atom is -0.336 e. The first kappa shape index (κ1) is 17.0. The second kappa shape index (κ2) is 6.47. The first-order valence-corrected chi connectivity index (χ1v) is 10.1. The number of piperazine rings is 1. The van der Waals surface area contributed by atoms with Crippen LogP contribution in [-0.4, -0.2) is 55.5 Å². The average Bonchev–Trinajstić information content (AvgIpc) is 3.48. The van der Waals surface area contributed by atoms with Crippen LogP contribution < -0.4 is 5.32 Å². The minimum absolute atomic E-state index is 0.158. The van der Waals surface area contributed by atoms with Gasteiger partial charge in [0, 0.05) is 50.2 Å². The van der Waals surface area contributed by atoms with Crippen LogP contribution in [0.4, 0.5) is 0 Å². The van der Waals surface area contributed by atoms with Crippen molar-refractivity contribution in [3.63, 3.8) is 0 Å². The van der Waals surface area contributed by atoms with Crippen LogP contribution in [0.25, 0.3) is 11.1 Å². The van der Waals surface area contributed by atoms with Gasteiger partial charge in [-0.2, -0.15) is 0 Å². The van der Waals surface area contributed by atoms with Crippen LogP contribution >= 0.6 is 0 Å². The molecule has 2 aromatic rings. The molecule has 5 rings (SSSR count). The van der Waals surface area contributed by atoms with Gasteiger partial charge in [0.25, 0.3) is 5.91 Å². The second-order valence-corrected chi connectivity index (χ2v) is 8.43. The Morgan fingerprint density at radius 1 is 1.00 bits per heavy atom. The van der Waals surface area contributed by atoms with Crippen LogP contribution in [0.3, 0.4) is 0 Å². The van der Waals surface area contributed by atoms with E-state index in [2.05, 4.69) is 47.6 Å². The molecular weight excluding hydrogens is 334 g/mol. The predicted octanol–water partition coefficient (Wildman–Crippen LogP) is 2.88. The Kier molecular flexibility index (Phi) is 4.06. The quantitative estimate of drug-likeness (QED) is 0.893. The molecule has 1 saturated heterocycles. The van der Waals surface area contributed by atoms with Crippen LogP contribution in [0.5, 0.6) is 0 Å². The predicted molar refractivity (Wildman–Crippen MR) is 108 cm³/mol. The maximum atomic E-state index is 12.9. The van der Waals surface area contributed by atoms with Crippen LogP contribution in [0, 0.1) is 0 Å². The number of rotatable bonds is 2. The Labute approximate surface area is 161 Å². The van der Waals surface area contributed by atoms with E-state index in [0.717, 1.165) is 50.4 Å². The first-order chi connectivity index (χ1) is 13.1. The topological polar surface area (TPSA) is 35.6 Å². The summed E-state index contributed by atoms with van der Waals surface area (Å²) in [5, 5.41) is 3.56. The van der Waals surface area contributed by atoms with Crippen LogP contribution in [-0.2, 0) is 12.0 Å². The molecule has 0 radical (unpaired) electrons. The normalized spacial score (nSPS) is 21.1. The Bertz CT molecular complexity index is 879. The van der Waals surface area contributed by atoms with Gasteiger partial charge in [0.05, 0.1) is 0 Å². The van der Waals surface area contributed by atoms with E-state index in [0.29, 0.717) is 5.41 Å². The van der Waals surface area contributed by atoms with Crippen molar-refractivity contribution in [1.29, 1.82) is 0 Å². The molecule has 2 aliphatic heterocycles. The summed E-state index contributed by atoms with van der Waals surface area (Å²) in [5.41, 5.74) is 6.51. The summed E-state index contributed by atoms with van der Waals surface area (Å²) in [6.45, 7) is 5.60. The lowest BCUT2D eigenvalue weighted by Gasteiger charge is -2.32. The summed E-state index contributed by atoms with van der Waals surface area (Å²) in [7, 11) is 2.11. The van der Waals surface area contributed by atoms with Gasteiger partial charge >= 0.3 is 0 Å². The van der Waals surface area contributed by atoms with E-state index in [-0.39, 0.29) is 5.91 Å². The van der Waals surface area contributed by atoms with Gasteiger partial charge in [-0.25, -0.2) is 0 Å². The summed E-state index contributed by atoms with van der Waals surface area (Å²) < 4.78 is 0. The third kappa shape index (κ3) is 3.07. The Morgan fingerprint density at radius 2 is 1.78 bits per heavy atom. The van der Waals surface area contributed by atoms with Crippen LogP contribution in [0.2, 0.25) is 0 Å². The summed E-state index contributed by atoms with van der Waals surface area (Å²) in [5.74, 6) is 0.158. The zero-order valence-electron chi connectivity index (χ0n) is 16.0. The number of amides is 1. The average molecular weight is 361 g/mol. The van der Waals surface area contributed by atoms with E-state index in [1.54, 1.807) is 0 Å². The minimum atomic E-state index is 0.158. The molecule has 2 fully saturated rings. The number of hydrogen-bond acceptors (Lipinski definition) is 3. The zero-order valence-corrected chi connectivity index (χ0v) is 16.0. The molecule has 0 bridgehead atoms. The van der Waals surface area contributed by atoms with Crippen molar-refractivity contribution < 1.29 is 4.79 Å². The third-order valence-corrected chi connectivity index (χ3v) is 6.55. The van der Waals surface area contributed by atoms with Gasteiger partial charge in [0.15, 0.2) is 0 Å². The highest BCUT2D eigenvalue weighted by molar-refractivity contribution is 5.95. The highest BCUT2D eigenvalue weighted by atomic mass is 16.2. The molecule has 1 N–H and O–H groups in total. The van der Waals surface area contributed by atoms with Crippen molar-refractivity contribution in [2.75, 3.05) is 39.8 Å². The van der Waals surface area contributed by atoms with Crippen molar-refractivity contribution in [2.24, 2.45) is 0 Å². The molecule has 2 aromatic carbocycles. The van der Waals surface area contributed by atoms with Crippen molar-refractivity contribution in [3.05, 3.63) is 59.2 Å². The molecule has 1 aliphatic carbocycles. The lowest BCUT2D eigenvalue weighted by molar-refractivity contribution is 0.0664. The molecule has 0 atom stereocenters. The van der Waals surface area contributed by atoms with Gasteiger partial charge < -0.3 is 15.1 Å². The maximum Gasteiger partial charge on any atom is 0.253 e. The van der Waals surface area contributed by atoms with Gasteiger partial charge in [-0.1, -0.05) is 30.3 Å². The zero-order chi connectivity index (χ0) is 18.4. The van der Waals surface area contributed by atoms with Crippen molar-refractivity contribution in [1.82, 2.24) is 15.1 Å². The summed E-state index contributed by atoms with van der Waals surface area (Å²) in [6, 6.07) is 15.0. The largest absolute Gasteiger partial charge is 0.336 e. The fourth-order valence-electron chi connectivity index (χ4n) is 4.56. The van der Waals surface area contributed by atoms with Gasteiger partial charge in [0.2, 0.25) is 0 Å². The Balaban J connectivity index is 1.43. The molecule has 4 heteroatoms. The van der Waals surface area contributed by atoms with E-state index >= 15 is 0 Å². The maximum absolute atomic E-state index is 12.9. The molecule has 0 aromatic heterocycles. The van der Waals surface area contributed by atoms with E-state index in [1.807, 2.05) is 17.0 Å². The lowest BCUT2D eigenvalue weighted by Crippen LogP contribution is -2.47. The summed E-state index contributed by atoms with van der Waals surface area (Å²) in [6.07, 6.45) is 2.58. The van der Waals surface area contributed by atoms with Crippen molar-refractivity contribution >= 4 is 5.91 Å². The molecular formula is C23H27N3O. The molecule has 27 heavy (non-hydrogen) atoms. The lowest BCUT2D eigenvalue weighted by atomic mass is 9.85. The number of nitrogens with zero attached hydrogens (tertiary/aromatic N) is 2. The van der Waals surface area contributed by atoms with Gasteiger partial charge in [-0.15, -0.1) is 0 Å². The molecule has 2 heterocycles. The molecule has 4 nitrogen and oxygen atoms in total. The van der Waals surface area contributed by atoms with E-state index in [1.165, 1.54) is 29.5 Å². The van der Waals surface area contributed by atoms with E-state index in [4.69, 9.17) is 0 Å². The molecule has 3 aliphatic rings. The first-order valence-electron chi connectivity index (χ1n) is 10.1. The number of hydrogen-bond donors (Lipinski definition) is 1. The second-order valence-electron chi connectivity index (χ2n) is 8.43. The number of nitrogens with one attached hydrogen (secondary N) is 1. The number of likely N-dealkylation sites (N-methyl/N-ethyl adjacent to an activating group) is 1. The molecule has 1 spiro atoms. The summed E-state index contributed by atoms with van der Waals surface area (Å²) >= 11 is 0. The van der Waals surface area contributed by atoms with E-state index in [9.17, 15) is 4.79 Å². The smallest absolute Gasteiger partial charge is 0.253 e. The van der Waals surface area contributed by atoms with Crippen molar-refractivity contribution in [3.8, 4) is 11.1 Å². The van der Waals surface area contributed by atoms with Crippen LogP contribution in [0.15, 0.2) is 42.5 Å². The summed E-state index contributed by atoms with van der Waals surface area (Å²) in [4.78, 5) is 17.2. The van der Waals surface area contributed by atoms with Crippen LogP contribution in [0.1, 0.15) is 34.3 Å². The monoisotopic (exact) mass is 361 g/mol. The molecule has 0 unspecified atom stereocenters. The SMILES string of the molecule is CN1CCN(C(=O)c2cccc(-c3ccc4c(c3)C3(CC3)CNC4)c2)CC1. The standard InChI is InChI=1S/C23H27N3O/c1-25-9-11-26(12-10-25)22(27)19-4-2-3-17(13-19)18-5-6-20-15-24-16-23(7-8-23)21(20)14-18/h2-6,13-14,24H,7-12,15-16H2,1H3. The van der Waals surface area contributed by atoms with Gasteiger partial charge in [0.1, 0.15) is 0 Å². The highest BCUT2D eigenvalue weighted by Gasteiger charge is 2.46. The number of carbonyl (C=O) groups excluding carboxylic acids is 1. The number of fused-ring (bicyclic) bond motifs is 2. The molecule has 140 valence electrons. The molecule has 1 amide bonds.